The standard InChI is InChI=1S/C16H32N2O/c1-12(2)13(3)18-16(19)11-17-14(4)15-9-7-5-6-8-10-15/h12-15,17H,5-11H2,1-4H3,(H,18,19)/t13?,14-/m0/s1. The van der Waals surface area contributed by atoms with Crippen molar-refractivity contribution in [2.75, 3.05) is 6.54 Å². The molecule has 0 saturated heterocycles. The van der Waals surface area contributed by atoms with Crippen molar-refractivity contribution in [1.82, 2.24) is 10.6 Å². The summed E-state index contributed by atoms with van der Waals surface area (Å²) in [6.07, 6.45) is 8.11. The van der Waals surface area contributed by atoms with E-state index < -0.39 is 0 Å². The smallest absolute Gasteiger partial charge is 0.234 e. The average Bonchev–Trinajstić information content (AvgIpc) is 2.64. The van der Waals surface area contributed by atoms with Crippen molar-refractivity contribution in [3.05, 3.63) is 0 Å². The van der Waals surface area contributed by atoms with Crippen LogP contribution in [0.3, 0.4) is 0 Å². The van der Waals surface area contributed by atoms with Gasteiger partial charge in [0.05, 0.1) is 6.54 Å². The van der Waals surface area contributed by atoms with Gasteiger partial charge in [-0.1, -0.05) is 39.5 Å². The molecule has 1 aliphatic rings. The van der Waals surface area contributed by atoms with E-state index in [2.05, 4.69) is 38.3 Å². The zero-order chi connectivity index (χ0) is 14.3. The normalized spacial score (nSPS) is 20.9. The van der Waals surface area contributed by atoms with E-state index in [1.807, 2.05) is 0 Å². The highest BCUT2D eigenvalue weighted by atomic mass is 16.1. The molecule has 0 aliphatic heterocycles. The largest absolute Gasteiger partial charge is 0.352 e. The third-order valence-corrected chi connectivity index (χ3v) is 4.58. The molecule has 112 valence electrons. The first-order valence-corrected chi connectivity index (χ1v) is 8.03. The molecule has 0 aromatic carbocycles. The Hall–Kier alpha value is -0.570. The van der Waals surface area contributed by atoms with E-state index in [0.29, 0.717) is 18.5 Å². The maximum absolute atomic E-state index is 11.8. The summed E-state index contributed by atoms with van der Waals surface area (Å²) < 4.78 is 0. The minimum Gasteiger partial charge on any atom is -0.352 e. The van der Waals surface area contributed by atoms with Crippen molar-refractivity contribution in [1.29, 1.82) is 0 Å². The molecule has 1 fully saturated rings. The molecule has 0 aromatic rings. The zero-order valence-corrected chi connectivity index (χ0v) is 13.2. The molecule has 0 aromatic heterocycles. The fourth-order valence-electron chi connectivity index (χ4n) is 2.70. The molecule has 1 saturated carbocycles. The van der Waals surface area contributed by atoms with Gasteiger partial charge >= 0.3 is 0 Å². The maximum Gasteiger partial charge on any atom is 0.234 e. The summed E-state index contributed by atoms with van der Waals surface area (Å²) in [5.74, 6) is 1.36. The molecule has 1 aliphatic carbocycles. The lowest BCUT2D eigenvalue weighted by Gasteiger charge is -2.24. The van der Waals surface area contributed by atoms with Crippen molar-refractivity contribution in [3.8, 4) is 0 Å². The molecule has 1 unspecified atom stereocenters. The van der Waals surface area contributed by atoms with Gasteiger partial charge in [0, 0.05) is 12.1 Å². The van der Waals surface area contributed by atoms with Crippen LogP contribution in [0.4, 0.5) is 0 Å². The Bertz CT molecular complexity index is 257. The van der Waals surface area contributed by atoms with Crippen LogP contribution in [0, 0.1) is 11.8 Å². The highest BCUT2D eigenvalue weighted by Crippen LogP contribution is 2.25. The molecule has 0 spiro atoms. The number of carbonyl (C=O) groups is 1. The van der Waals surface area contributed by atoms with Crippen LogP contribution in [-0.2, 0) is 4.79 Å². The molecule has 2 atom stereocenters. The SMILES string of the molecule is CC(C)C(C)NC(=O)CN[C@@H](C)C1CCCCCC1. The number of hydrogen-bond donors (Lipinski definition) is 2. The molecule has 3 heteroatoms. The van der Waals surface area contributed by atoms with Crippen LogP contribution in [0.15, 0.2) is 0 Å². The van der Waals surface area contributed by atoms with Gasteiger partial charge in [0.15, 0.2) is 0 Å². The number of carbonyl (C=O) groups excluding carboxylic acids is 1. The van der Waals surface area contributed by atoms with E-state index in [1.165, 1.54) is 38.5 Å². The highest BCUT2D eigenvalue weighted by Gasteiger charge is 2.19. The minimum atomic E-state index is 0.127. The van der Waals surface area contributed by atoms with E-state index in [1.54, 1.807) is 0 Å². The predicted molar refractivity (Wildman–Crippen MR) is 81.1 cm³/mol. The minimum absolute atomic E-state index is 0.127. The summed E-state index contributed by atoms with van der Waals surface area (Å²) in [4.78, 5) is 11.8. The first-order valence-electron chi connectivity index (χ1n) is 8.03. The van der Waals surface area contributed by atoms with E-state index in [0.717, 1.165) is 5.92 Å². The van der Waals surface area contributed by atoms with Crippen LogP contribution in [-0.4, -0.2) is 24.5 Å². The third-order valence-electron chi connectivity index (χ3n) is 4.58. The Balaban J connectivity index is 2.24. The summed E-state index contributed by atoms with van der Waals surface area (Å²) in [5.41, 5.74) is 0. The van der Waals surface area contributed by atoms with Gasteiger partial charge in [-0.05, 0) is 38.5 Å². The average molecular weight is 268 g/mol. The maximum atomic E-state index is 11.8. The first kappa shape index (κ1) is 16.5. The van der Waals surface area contributed by atoms with Gasteiger partial charge in [-0.3, -0.25) is 4.79 Å². The van der Waals surface area contributed by atoms with E-state index in [-0.39, 0.29) is 11.9 Å². The Morgan fingerprint density at radius 1 is 1.05 bits per heavy atom. The molecule has 1 rings (SSSR count). The van der Waals surface area contributed by atoms with Crippen LogP contribution < -0.4 is 10.6 Å². The van der Waals surface area contributed by atoms with Crippen LogP contribution in [0.25, 0.3) is 0 Å². The van der Waals surface area contributed by atoms with Gasteiger partial charge in [-0.25, -0.2) is 0 Å². The molecule has 0 radical (unpaired) electrons. The van der Waals surface area contributed by atoms with Crippen molar-refractivity contribution in [3.63, 3.8) is 0 Å². The van der Waals surface area contributed by atoms with Gasteiger partial charge in [-0.2, -0.15) is 0 Å². The lowest BCUT2D eigenvalue weighted by Crippen LogP contribution is -2.44. The summed E-state index contributed by atoms with van der Waals surface area (Å²) in [5, 5.41) is 6.46. The quantitative estimate of drug-likeness (QED) is 0.727. The van der Waals surface area contributed by atoms with E-state index in [9.17, 15) is 4.79 Å². The van der Waals surface area contributed by atoms with Crippen LogP contribution in [0.1, 0.15) is 66.2 Å². The topological polar surface area (TPSA) is 41.1 Å². The van der Waals surface area contributed by atoms with Gasteiger partial charge in [-0.15, -0.1) is 0 Å². The van der Waals surface area contributed by atoms with Crippen molar-refractivity contribution < 1.29 is 4.79 Å². The number of nitrogens with one attached hydrogen (secondary N) is 2. The van der Waals surface area contributed by atoms with Crippen molar-refractivity contribution >= 4 is 5.91 Å². The zero-order valence-electron chi connectivity index (χ0n) is 13.2. The van der Waals surface area contributed by atoms with Crippen molar-refractivity contribution in [2.24, 2.45) is 11.8 Å². The second kappa shape index (κ2) is 8.57. The summed E-state index contributed by atoms with van der Waals surface area (Å²) in [6.45, 7) is 9.01. The van der Waals surface area contributed by atoms with Gasteiger partial charge in [0.2, 0.25) is 5.91 Å². The summed E-state index contributed by atoms with van der Waals surface area (Å²) >= 11 is 0. The van der Waals surface area contributed by atoms with Crippen LogP contribution >= 0.6 is 0 Å². The van der Waals surface area contributed by atoms with E-state index >= 15 is 0 Å². The number of rotatable bonds is 6. The van der Waals surface area contributed by atoms with Gasteiger partial charge < -0.3 is 10.6 Å². The number of amides is 1. The Labute approximate surface area is 118 Å². The van der Waals surface area contributed by atoms with Gasteiger partial charge in [0.1, 0.15) is 0 Å². The Morgan fingerprint density at radius 2 is 1.63 bits per heavy atom. The molecule has 1 amide bonds. The Morgan fingerprint density at radius 3 is 2.16 bits per heavy atom. The second-order valence-corrected chi connectivity index (χ2v) is 6.52. The predicted octanol–water partition coefficient (Wildman–Crippen LogP) is 3.10. The molecular formula is C16H32N2O. The molecule has 2 N–H and O–H groups in total. The third kappa shape index (κ3) is 6.42. The number of hydrogen-bond acceptors (Lipinski definition) is 2. The molecular weight excluding hydrogens is 236 g/mol. The fourth-order valence-corrected chi connectivity index (χ4v) is 2.70. The van der Waals surface area contributed by atoms with Gasteiger partial charge in [0.25, 0.3) is 0 Å². The fraction of sp³-hybridized carbons (Fsp3) is 0.938. The van der Waals surface area contributed by atoms with Crippen LogP contribution in [0.5, 0.6) is 0 Å². The monoisotopic (exact) mass is 268 g/mol. The lowest BCUT2D eigenvalue weighted by molar-refractivity contribution is -0.121. The molecule has 19 heavy (non-hydrogen) atoms. The molecule has 0 bridgehead atoms. The van der Waals surface area contributed by atoms with E-state index in [4.69, 9.17) is 0 Å². The van der Waals surface area contributed by atoms with Crippen LogP contribution in [0.2, 0.25) is 0 Å². The summed E-state index contributed by atoms with van der Waals surface area (Å²) in [6, 6.07) is 0.709. The second-order valence-electron chi connectivity index (χ2n) is 6.52. The molecule has 0 heterocycles. The van der Waals surface area contributed by atoms with Crippen molar-refractivity contribution in [2.45, 2.75) is 78.3 Å². The first-order chi connectivity index (χ1) is 9.00. The highest BCUT2D eigenvalue weighted by molar-refractivity contribution is 5.78. The lowest BCUT2D eigenvalue weighted by atomic mass is 9.93. The summed E-state index contributed by atoms with van der Waals surface area (Å²) in [7, 11) is 0. The Kier molecular flexibility index (Phi) is 7.44. The molecule has 3 nitrogen and oxygen atoms in total.